The highest BCUT2D eigenvalue weighted by molar-refractivity contribution is 7.80. The highest BCUT2D eigenvalue weighted by atomic mass is 32.1. The van der Waals surface area contributed by atoms with E-state index in [-0.39, 0.29) is 0 Å². The van der Waals surface area contributed by atoms with Gasteiger partial charge in [-0.25, -0.2) is 0 Å². The van der Waals surface area contributed by atoms with Crippen LogP contribution in [-0.2, 0) is 5.41 Å². The van der Waals surface area contributed by atoms with Crippen molar-refractivity contribution in [1.29, 1.82) is 0 Å². The number of fused-ring (bicyclic) bond motifs is 3. The van der Waals surface area contributed by atoms with E-state index in [2.05, 4.69) is 126 Å². The van der Waals surface area contributed by atoms with Crippen LogP contribution in [0.25, 0.3) is 11.1 Å². The molecule has 4 aromatic rings. The number of ether oxygens (including phenoxy) is 2. The van der Waals surface area contributed by atoms with Gasteiger partial charge in [-0.3, -0.25) is 0 Å². The molecule has 1 aliphatic rings. The Labute approximate surface area is 257 Å². The smallest absolute Gasteiger partial charge is 0.125 e. The largest absolute Gasteiger partial charge is 0.493 e. The maximum atomic E-state index is 6.32. The number of unbranched alkanes of at least 4 members (excludes halogenated alkanes) is 2. The monoisotopic (exact) mass is 582 g/mol. The van der Waals surface area contributed by atoms with E-state index in [1.165, 1.54) is 55.6 Å². The van der Waals surface area contributed by atoms with Gasteiger partial charge in [-0.1, -0.05) is 72.8 Å². The van der Waals surface area contributed by atoms with E-state index in [1.807, 2.05) is 0 Å². The summed E-state index contributed by atoms with van der Waals surface area (Å²) in [6, 6.07) is 27.2. The van der Waals surface area contributed by atoms with Crippen LogP contribution in [0.5, 0.6) is 11.5 Å². The average Bonchev–Trinajstić information content (AvgIpc) is 3.27. The summed E-state index contributed by atoms with van der Waals surface area (Å²) in [5, 5.41) is 0. The Morgan fingerprint density at radius 3 is 1.27 bits per heavy atom. The molecule has 0 fully saturated rings. The van der Waals surface area contributed by atoms with Gasteiger partial charge in [0, 0.05) is 0 Å². The van der Waals surface area contributed by atoms with E-state index in [0.29, 0.717) is 13.2 Å². The van der Waals surface area contributed by atoms with Crippen molar-refractivity contribution in [1.82, 2.24) is 0 Å². The molecular weight excluding hydrogens is 541 g/mol. The lowest BCUT2D eigenvalue weighted by atomic mass is 9.66. The van der Waals surface area contributed by atoms with Crippen LogP contribution >= 0.6 is 25.3 Å². The van der Waals surface area contributed by atoms with E-state index in [9.17, 15) is 0 Å². The van der Waals surface area contributed by atoms with E-state index in [4.69, 9.17) is 9.47 Å². The lowest BCUT2D eigenvalue weighted by Gasteiger charge is -2.35. The lowest BCUT2D eigenvalue weighted by Crippen LogP contribution is -2.29. The molecular formula is C37H42O2S2. The van der Waals surface area contributed by atoms with Gasteiger partial charge in [0.1, 0.15) is 11.5 Å². The number of rotatable bonds is 12. The number of aryl methyl sites for hydroxylation is 4. The summed E-state index contributed by atoms with van der Waals surface area (Å²) < 4.78 is 12.6. The van der Waals surface area contributed by atoms with Gasteiger partial charge in [-0.2, -0.15) is 25.3 Å². The molecule has 0 saturated heterocycles. The van der Waals surface area contributed by atoms with Crippen molar-refractivity contribution in [3.05, 3.63) is 117 Å². The summed E-state index contributed by atoms with van der Waals surface area (Å²) in [6.45, 7) is 10.2. The quantitative estimate of drug-likeness (QED) is 0.113. The van der Waals surface area contributed by atoms with Gasteiger partial charge in [0.15, 0.2) is 0 Å². The van der Waals surface area contributed by atoms with Crippen LogP contribution in [0.4, 0.5) is 0 Å². The minimum atomic E-state index is -0.451. The van der Waals surface area contributed by atoms with Crippen molar-refractivity contribution in [3.8, 4) is 22.6 Å². The Balaban J connectivity index is 1.71. The standard InChI is InChI=1S/C37H42O2S2/c1-25-21-29(22-26(2)35(25)38-17-9-11-19-40)37(30-23-27(3)36(28(4)24-30)39-18-10-12-20-41)33-15-7-5-13-31(33)32-14-6-8-16-34(32)37/h5-8,13-16,21-24,40-41H,9-12,17-20H2,1-4H3. The number of hydrogen-bond donors (Lipinski definition) is 2. The van der Waals surface area contributed by atoms with Gasteiger partial charge in [0.05, 0.1) is 18.6 Å². The predicted octanol–water partition coefficient (Wildman–Crippen LogP) is 9.46. The van der Waals surface area contributed by atoms with Gasteiger partial charge >= 0.3 is 0 Å². The van der Waals surface area contributed by atoms with Crippen LogP contribution in [-0.4, -0.2) is 24.7 Å². The Kier molecular flexibility index (Phi) is 9.41. The van der Waals surface area contributed by atoms with Gasteiger partial charge in [-0.15, -0.1) is 0 Å². The third-order valence-corrected chi connectivity index (χ3v) is 8.97. The third kappa shape index (κ3) is 5.53. The zero-order chi connectivity index (χ0) is 29.0. The molecule has 0 saturated carbocycles. The first-order chi connectivity index (χ1) is 19.9. The molecule has 0 aromatic heterocycles. The maximum Gasteiger partial charge on any atom is 0.125 e. The summed E-state index contributed by atoms with van der Waals surface area (Å²) >= 11 is 8.71. The van der Waals surface area contributed by atoms with E-state index < -0.39 is 5.41 Å². The summed E-state index contributed by atoms with van der Waals surface area (Å²) in [7, 11) is 0. The highest BCUT2D eigenvalue weighted by Crippen LogP contribution is 2.57. The Hall–Kier alpha value is -2.82. The van der Waals surface area contributed by atoms with E-state index in [1.54, 1.807) is 0 Å². The van der Waals surface area contributed by atoms with Crippen molar-refractivity contribution in [2.75, 3.05) is 24.7 Å². The Morgan fingerprint density at radius 1 is 0.537 bits per heavy atom. The fourth-order valence-electron chi connectivity index (χ4n) is 6.59. The van der Waals surface area contributed by atoms with E-state index in [0.717, 1.165) is 48.7 Å². The molecule has 4 heteroatoms. The van der Waals surface area contributed by atoms with Crippen LogP contribution in [0.1, 0.15) is 70.2 Å². The fourth-order valence-corrected chi connectivity index (χ4v) is 7.04. The third-order valence-electron chi connectivity index (χ3n) is 8.34. The van der Waals surface area contributed by atoms with Gasteiger partial charge in [-0.05, 0) is 121 Å². The predicted molar refractivity (Wildman–Crippen MR) is 180 cm³/mol. The summed E-state index contributed by atoms with van der Waals surface area (Å²) in [5.74, 6) is 3.78. The number of benzene rings is 4. The summed E-state index contributed by atoms with van der Waals surface area (Å²) in [6.07, 6.45) is 4.14. The molecule has 0 bridgehead atoms. The molecule has 0 heterocycles. The first-order valence-electron chi connectivity index (χ1n) is 14.8. The molecule has 0 amide bonds. The van der Waals surface area contributed by atoms with Gasteiger partial charge < -0.3 is 9.47 Å². The normalized spacial score (nSPS) is 13.1. The number of thiol groups is 2. The molecule has 0 N–H and O–H groups in total. The second kappa shape index (κ2) is 13.0. The van der Waals surface area contributed by atoms with Crippen LogP contribution in [0.3, 0.4) is 0 Å². The maximum absolute atomic E-state index is 6.32. The summed E-state index contributed by atoms with van der Waals surface area (Å²) in [4.78, 5) is 0. The van der Waals surface area contributed by atoms with Gasteiger partial charge in [0.25, 0.3) is 0 Å². The zero-order valence-corrected chi connectivity index (χ0v) is 26.6. The van der Waals surface area contributed by atoms with Crippen molar-refractivity contribution in [3.63, 3.8) is 0 Å². The topological polar surface area (TPSA) is 18.5 Å². The summed E-state index contributed by atoms with van der Waals surface area (Å²) in [5.41, 5.74) is 12.0. The first kappa shape index (κ1) is 29.7. The van der Waals surface area contributed by atoms with Crippen LogP contribution in [0.15, 0.2) is 72.8 Å². The average molecular weight is 583 g/mol. The fraction of sp³-hybridized carbons (Fsp3) is 0.351. The molecule has 2 nitrogen and oxygen atoms in total. The van der Waals surface area contributed by atoms with Crippen LogP contribution in [0.2, 0.25) is 0 Å². The van der Waals surface area contributed by atoms with Crippen molar-refractivity contribution in [2.24, 2.45) is 0 Å². The lowest BCUT2D eigenvalue weighted by molar-refractivity contribution is 0.305. The van der Waals surface area contributed by atoms with Crippen molar-refractivity contribution < 1.29 is 9.47 Å². The molecule has 214 valence electrons. The molecule has 0 aliphatic heterocycles. The Bertz CT molecular complexity index is 1360. The van der Waals surface area contributed by atoms with Crippen molar-refractivity contribution >= 4 is 25.3 Å². The molecule has 41 heavy (non-hydrogen) atoms. The molecule has 0 unspecified atom stereocenters. The number of hydrogen-bond acceptors (Lipinski definition) is 4. The minimum absolute atomic E-state index is 0.451. The second-order valence-corrected chi connectivity index (χ2v) is 12.2. The SMILES string of the molecule is Cc1cc(C2(c3cc(C)c(OCCCCS)c(C)c3)c3ccccc3-c3ccccc32)cc(C)c1OCCCCS. The second-order valence-electron chi connectivity index (χ2n) is 11.3. The van der Waals surface area contributed by atoms with Crippen LogP contribution in [0, 0.1) is 27.7 Å². The first-order valence-corrected chi connectivity index (χ1v) is 16.1. The zero-order valence-electron chi connectivity index (χ0n) is 24.8. The molecule has 1 aliphatic carbocycles. The minimum Gasteiger partial charge on any atom is -0.493 e. The van der Waals surface area contributed by atoms with Crippen LogP contribution < -0.4 is 9.47 Å². The Morgan fingerprint density at radius 2 is 0.902 bits per heavy atom. The molecule has 0 radical (unpaired) electrons. The molecule has 5 rings (SSSR count). The van der Waals surface area contributed by atoms with Gasteiger partial charge in [0.2, 0.25) is 0 Å². The molecule has 0 spiro atoms. The van der Waals surface area contributed by atoms with E-state index >= 15 is 0 Å². The highest BCUT2D eigenvalue weighted by Gasteiger charge is 2.46. The molecule has 4 aromatic carbocycles. The molecule has 0 atom stereocenters. The van der Waals surface area contributed by atoms with Crippen molar-refractivity contribution in [2.45, 2.75) is 58.8 Å².